The minimum atomic E-state index is -0.309. The lowest BCUT2D eigenvalue weighted by Crippen LogP contribution is -2.18. The molecule has 0 spiro atoms. The number of nitrogens with zero attached hydrogens (tertiary/aromatic N) is 2. The number of hydrogen-bond donors (Lipinski definition) is 0. The van der Waals surface area contributed by atoms with E-state index >= 15 is 0 Å². The molecule has 4 aromatic rings. The minimum Gasteiger partial charge on any atom is -0.316 e. The van der Waals surface area contributed by atoms with Gasteiger partial charge in [-0.3, -0.25) is 4.79 Å². The highest BCUT2D eigenvalue weighted by molar-refractivity contribution is 7.98. The summed E-state index contributed by atoms with van der Waals surface area (Å²) in [6, 6.07) is 13.5. The van der Waals surface area contributed by atoms with Crippen molar-refractivity contribution in [1.82, 2.24) is 4.57 Å². The number of thiophene rings is 1. The van der Waals surface area contributed by atoms with Gasteiger partial charge in [0.15, 0.2) is 4.80 Å². The third-order valence-electron chi connectivity index (χ3n) is 4.09. The molecule has 2 aromatic carbocycles. The Hall–Kier alpha value is -1.31. The van der Waals surface area contributed by atoms with Gasteiger partial charge in [-0.05, 0) is 30.5 Å². The summed E-state index contributed by atoms with van der Waals surface area (Å²) < 4.78 is 4.07. The molecule has 4 rings (SSSR count). The molecule has 0 unspecified atom stereocenters. The molecule has 0 aliphatic heterocycles. The number of carbonyl (C=O) groups excluding carboxylic acids is 1. The summed E-state index contributed by atoms with van der Waals surface area (Å²) in [4.78, 5) is 18.5. The standard InChI is InChI=1S/C19H14Cl2N2OS3/c1-25-9-8-23-13-7-6-11(20)10-15(13)27-19(23)22-18(24)17-16(21)12-4-2-3-5-14(12)26-17/h2-7,10H,8-9H2,1H3. The van der Waals surface area contributed by atoms with Crippen LogP contribution in [-0.2, 0) is 6.54 Å². The summed E-state index contributed by atoms with van der Waals surface area (Å²) in [5, 5.41) is 2.04. The number of halogens is 2. The van der Waals surface area contributed by atoms with Crippen molar-refractivity contribution in [2.24, 2.45) is 4.99 Å². The van der Waals surface area contributed by atoms with E-state index < -0.39 is 0 Å². The number of aromatic nitrogens is 1. The number of fused-ring (bicyclic) bond motifs is 2. The third kappa shape index (κ3) is 3.69. The van der Waals surface area contributed by atoms with Crippen LogP contribution in [0.3, 0.4) is 0 Å². The normalized spacial score (nSPS) is 12.3. The molecule has 0 aliphatic carbocycles. The van der Waals surface area contributed by atoms with Crippen LogP contribution in [0.5, 0.6) is 0 Å². The van der Waals surface area contributed by atoms with E-state index in [1.54, 1.807) is 11.8 Å². The highest BCUT2D eigenvalue weighted by atomic mass is 35.5. The zero-order chi connectivity index (χ0) is 19.0. The summed E-state index contributed by atoms with van der Waals surface area (Å²) in [6.45, 7) is 0.773. The maximum atomic E-state index is 12.9. The lowest BCUT2D eigenvalue weighted by Gasteiger charge is -2.03. The second-order valence-corrected chi connectivity index (χ2v) is 9.66. The van der Waals surface area contributed by atoms with Gasteiger partial charge in [0.25, 0.3) is 5.91 Å². The Morgan fingerprint density at radius 1 is 1.15 bits per heavy atom. The molecule has 0 aliphatic rings. The molecule has 0 N–H and O–H groups in total. The van der Waals surface area contributed by atoms with Crippen LogP contribution in [0.1, 0.15) is 9.67 Å². The molecule has 0 atom stereocenters. The molecule has 0 radical (unpaired) electrons. The number of carbonyl (C=O) groups is 1. The van der Waals surface area contributed by atoms with Crippen molar-refractivity contribution in [2.45, 2.75) is 6.54 Å². The van der Waals surface area contributed by atoms with E-state index in [0.717, 1.165) is 32.6 Å². The Kier molecular flexibility index (Phi) is 5.62. The quantitative estimate of drug-likeness (QED) is 0.362. The SMILES string of the molecule is CSCCn1c(=NC(=O)c2sc3ccccc3c2Cl)sc2cc(Cl)ccc21. The van der Waals surface area contributed by atoms with Crippen LogP contribution in [0.15, 0.2) is 47.5 Å². The highest BCUT2D eigenvalue weighted by Crippen LogP contribution is 2.35. The number of thioether (sulfide) groups is 1. The van der Waals surface area contributed by atoms with Crippen molar-refractivity contribution < 1.29 is 4.79 Å². The maximum Gasteiger partial charge on any atom is 0.291 e. The van der Waals surface area contributed by atoms with Crippen molar-refractivity contribution in [3.05, 3.63) is 62.2 Å². The predicted molar refractivity (Wildman–Crippen MR) is 120 cm³/mol. The van der Waals surface area contributed by atoms with E-state index in [-0.39, 0.29) is 5.91 Å². The number of amides is 1. The summed E-state index contributed by atoms with van der Waals surface area (Å²) in [6.07, 6.45) is 2.06. The molecule has 0 bridgehead atoms. The van der Waals surface area contributed by atoms with Crippen LogP contribution < -0.4 is 4.80 Å². The predicted octanol–water partition coefficient (Wildman–Crippen LogP) is 6.33. The zero-order valence-electron chi connectivity index (χ0n) is 14.2. The van der Waals surface area contributed by atoms with Gasteiger partial charge in [0.2, 0.25) is 0 Å². The van der Waals surface area contributed by atoms with Gasteiger partial charge in [-0.1, -0.05) is 52.7 Å². The maximum absolute atomic E-state index is 12.9. The lowest BCUT2D eigenvalue weighted by molar-refractivity contribution is 0.100. The fourth-order valence-electron chi connectivity index (χ4n) is 2.82. The van der Waals surface area contributed by atoms with Crippen molar-refractivity contribution in [3.8, 4) is 0 Å². The van der Waals surface area contributed by atoms with Gasteiger partial charge in [-0.25, -0.2) is 0 Å². The largest absolute Gasteiger partial charge is 0.316 e. The first-order valence-corrected chi connectivity index (χ1v) is 11.9. The van der Waals surface area contributed by atoms with E-state index in [1.165, 1.54) is 22.7 Å². The van der Waals surface area contributed by atoms with E-state index in [1.807, 2.05) is 42.5 Å². The molecule has 1 amide bonds. The van der Waals surface area contributed by atoms with Crippen molar-refractivity contribution in [3.63, 3.8) is 0 Å². The molecule has 3 nitrogen and oxygen atoms in total. The Bertz CT molecular complexity index is 1220. The third-order valence-corrected chi connectivity index (χ3v) is 7.62. The van der Waals surface area contributed by atoms with Gasteiger partial charge in [0, 0.05) is 27.4 Å². The van der Waals surface area contributed by atoms with Gasteiger partial charge < -0.3 is 4.57 Å². The van der Waals surface area contributed by atoms with Crippen LogP contribution in [-0.4, -0.2) is 22.5 Å². The Balaban J connectivity index is 1.85. The second-order valence-electron chi connectivity index (χ2n) is 5.80. The monoisotopic (exact) mass is 452 g/mol. The number of aryl methyl sites for hydroxylation is 1. The summed E-state index contributed by atoms with van der Waals surface area (Å²) in [7, 11) is 0. The van der Waals surface area contributed by atoms with Crippen LogP contribution in [0.25, 0.3) is 20.3 Å². The summed E-state index contributed by atoms with van der Waals surface area (Å²) in [5.41, 5.74) is 1.03. The number of rotatable bonds is 4. The molecule has 8 heteroatoms. The fraction of sp³-hybridized carbons (Fsp3) is 0.158. The van der Waals surface area contributed by atoms with Crippen LogP contribution in [0.4, 0.5) is 0 Å². The van der Waals surface area contributed by atoms with Gasteiger partial charge in [-0.2, -0.15) is 16.8 Å². The molecule has 27 heavy (non-hydrogen) atoms. The summed E-state index contributed by atoms with van der Waals surface area (Å²) in [5.74, 6) is 0.621. The molecule has 0 fully saturated rings. The summed E-state index contributed by atoms with van der Waals surface area (Å²) >= 11 is 17.2. The zero-order valence-corrected chi connectivity index (χ0v) is 18.2. The molecule has 2 heterocycles. The van der Waals surface area contributed by atoms with Gasteiger partial charge >= 0.3 is 0 Å². The fourth-order valence-corrected chi connectivity index (χ4v) is 5.91. The second kappa shape index (κ2) is 7.97. The smallest absolute Gasteiger partial charge is 0.291 e. The first-order chi connectivity index (χ1) is 13.1. The molecule has 0 saturated heterocycles. The van der Waals surface area contributed by atoms with Crippen LogP contribution >= 0.6 is 57.6 Å². The molecule has 138 valence electrons. The van der Waals surface area contributed by atoms with Crippen molar-refractivity contribution in [2.75, 3.05) is 12.0 Å². The first kappa shape index (κ1) is 19.0. The lowest BCUT2D eigenvalue weighted by atomic mass is 10.2. The number of thiazole rings is 1. The number of benzene rings is 2. The average molecular weight is 453 g/mol. The first-order valence-electron chi connectivity index (χ1n) is 8.12. The topological polar surface area (TPSA) is 34.4 Å². The van der Waals surface area contributed by atoms with Crippen molar-refractivity contribution >= 4 is 83.8 Å². The van der Waals surface area contributed by atoms with Crippen molar-refractivity contribution in [1.29, 1.82) is 0 Å². The molecular formula is C19H14Cl2N2OS3. The van der Waals surface area contributed by atoms with E-state index in [2.05, 4.69) is 15.8 Å². The molecular weight excluding hydrogens is 439 g/mol. The van der Waals surface area contributed by atoms with Gasteiger partial charge in [0.1, 0.15) is 4.88 Å². The van der Waals surface area contributed by atoms with E-state index in [0.29, 0.717) is 19.7 Å². The van der Waals surface area contributed by atoms with Crippen LogP contribution in [0.2, 0.25) is 10.0 Å². The Morgan fingerprint density at radius 2 is 1.96 bits per heavy atom. The highest BCUT2D eigenvalue weighted by Gasteiger charge is 2.17. The molecule has 0 saturated carbocycles. The van der Waals surface area contributed by atoms with Gasteiger partial charge in [0.05, 0.1) is 15.2 Å². The van der Waals surface area contributed by atoms with E-state index in [4.69, 9.17) is 23.2 Å². The van der Waals surface area contributed by atoms with Gasteiger partial charge in [-0.15, -0.1) is 11.3 Å². The average Bonchev–Trinajstić information content (AvgIpc) is 3.17. The van der Waals surface area contributed by atoms with E-state index in [9.17, 15) is 4.79 Å². The minimum absolute atomic E-state index is 0.309. The number of hydrogen-bond acceptors (Lipinski definition) is 4. The molecule has 2 aromatic heterocycles. The Morgan fingerprint density at radius 3 is 2.74 bits per heavy atom. The Labute approximate surface area is 178 Å². The van der Waals surface area contributed by atoms with Crippen LogP contribution in [0, 0.1) is 0 Å².